The first-order valence-electron chi connectivity index (χ1n) is 16.3. The Kier molecular flexibility index (Phi) is 10.1. The van der Waals surface area contributed by atoms with E-state index in [1.807, 2.05) is 29.9 Å². The summed E-state index contributed by atoms with van der Waals surface area (Å²) in [4.78, 5) is 16.0. The predicted molar refractivity (Wildman–Crippen MR) is 175 cm³/mol. The number of ether oxygens (including phenoxy) is 3. The first-order valence-corrected chi connectivity index (χ1v) is 16.6. The van der Waals surface area contributed by atoms with E-state index >= 15 is 0 Å². The van der Waals surface area contributed by atoms with E-state index in [2.05, 4.69) is 40.7 Å². The second-order valence-electron chi connectivity index (χ2n) is 12.0. The van der Waals surface area contributed by atoms with Crippen LogP contribution in [0.4, 0.5) is 11.6 Å². The number of hydrogen-bond donors (Lipinski definition) is 1. The maximum absolute atomic E-state index is 6.46. The van der Waals surface area contributed by atoms with E-state index in [0.717, 1.165) is 63.1 Å². The summed E-state index contributed by atoms with van der Waals surface area (Å²) in [6.45, 7) is 6.45. The lowest BCUT2D eigenvalue weighted by Gasteiger charge is -2.38. The number of morpholine rings is 1. The lowest BCUT2D eigenvalue weighted by molar-refractivity contribution is 0.00503. The minimum Gasteiger partial charge on any atom is -0.487 e. The van der Waals surface area contributed by atoms with Crippen molar-refractivity contribution in [2.24, 2.45) is 0 Å². The van der Waals surface area contributed by atoms with Crippen molar-refractivity contribution < 1.29 is 18.6 Å². The van der Waals surface area contributed by atoms with Crippen LogP contribution in [-0.4, -0.2) is 94.9 Å². The zero-order valence-electron chi connectivity index (χ0n) is 26.7. The van der Waals surface area contributed by atoms with E-state index in [0.29, 0.717) is 59.8 Å². The molecule has 7 rings (SSSR count). The molecule has 1 aliphatic heterocycles. The van der Waals surface area contributed by atoms with Gasteiger partial charge in [0.1, 0.15) is 30.1 Å². The van der Waals surface area contributed by atoms with Gasteiger partial charge >= 0.3 is 0 Å². The third-order valence-corrected chi connectivity index (χ3v) is 8.98. The number of halogens is 1. The Bertz CT molecular complexity index is 1720. The van der Waals surface area contributed by atoms with Crippen molar-refractivity contribution in [1.29, 1.82) is 0 Å². The molecular formula is C32H38ClN11O4. The molecule has 2 aliphatic rings. The molecule has 0 bridgehead atoms. The largest absolute Gasteiger partial charge is 0.487 e. The Labute approximate surface area is 282 Å². The molecule has 16 heteroatoms. The number of nitrogens with one attached hydrogen (secondary N) is 1. The molecule has 1 saturated carbocycles. The van der Waals surface area contributed by atoms with Crippen molar-refractivity contribution in [3.8, 4) is 22.8 Å². The highest BCUT2D eigenvalue weighted by Crippen LogP contribution is 2.35. The van der Waals surface area contributed by atoms with E-state index in [1.54, 1.807) is 41.9 Å². The maximum atomic E-state index is 6.46. The third-order valence-electron chi connectivity index (χ3n) is 8.67. The lowest BCUT2D eigenvalue weighted by Crippen LogP contribution is -2.45. The summed E-state index contributed by atoms with van der Waals surface area (Å²) in [6.07, 6.45) is 14.9. The van der Waals surface area contributed by atoms with Crippen LogP contribution in [0.2, 0.25) is 5.02 Å². The summed E-state index contributed by atoms with van der Waals surface area (Å²) >= 11 is 6.46. The van der Waals surface area contributed by atoms with Gasteiger partial charge in [-0.1, -0.05) is 17.7 Å². The smallest absolute Gasteiger partial charge is 0.256 e. The summed E-state index contributed by atoms with van der Waals surface area (Å²) in [5.41, 5.74) is 2.38. The van der Waals surface area contributed by atoms with Gasteiger partial charge in [-0.3, -0.25) is 9.58 Å². The average Bonchev–Trinajstić information content (AvgIpc) is 3.91. The van der Waals surface area contributed by atoms with Crippen LogP contribution in [0.25, 0.3) is 11.1 Å². The number of benzene rings is 1. The summed E-state index contributed by atoms with van der Waals surface area (Å²) in [5.74, 6) is 2.07. The van der Waals surface area contributed by atoms with Crippen molar-refractivity contribution in [2.75, 3.05) is 38.2 Å². The second kappa shape index (κ2) is 15.1. The van der Waals surface area contributed by atoms with Crippen LogP contribution in [0.3, 0.4) is 0 Å². The Hall–Kier alpha value is -4.60. The molecular weight excluding hydrogens is 638 g/mol. The van der Waals surface area contributed by atoms with Crippen LogP contribution >= 0.6 is 11.6 Å². The maximum Gasteiger partial charge on any atom is 0.256 e. The van der Waals surface area contributed by atoms with Gasteiger partial charge < -0.3 is 23.9 Å². The SMILES string of the molecule is CC(Cn1cnnn1)Oc1cc(-c2cnc(Nc3cn(C4CCC(N5CCOCC5)CC4)nc3OCCc3ncco3)nc2)ccc1Cl. The van der Waals surface area contributed by atoms with Gasteiger partial charge in [-0.05, 0) is 60.7 Å². The first kappa shape index (κ1) is 32.0. The number of anilines is 2. The molecule has 1 atom stereocenters. The first-order chi connectivity index (χ1) is 23.6. The van der Waals surface area contributed by atoms with Crippen molar-refractivity contribution >= 4 is 23.2 Å². The molecule has 48 heavy (non-hydrogen) atoms. The topological polar surface area (TPSA) is 156 Å². The summed E-state index contributed by atoms with van der Waals surface area (Å²) in [6, 6.07) is 6.47. The molecule has 1 aromatic carbocycles. The van der Waals surface area contributed by atoms with Crippen LogP contribution in [0.1, 0.15) is 44.5 Å². The quantitative estimate of drug-likeness (QED) is 0.185. The van der Waals surface area contributed by atoms with Crippen molar-refractivity contribution in [2.45, 2.75) is 63.8 Å². The average molecular weight is 676 g/mol. The standard InChI is InChI=1S/C32H38ClN11O4/c1-22(19-43-21-37-40-41-43)48-29-16-23(2-7-27(29)33)24-17-35-32(36-18-24)38-28-20-44(39-31(28)47-12-8-30-34-9-13-46-30)26-5-3-25(4-6-26)42-10-14-45-15-11-42/h2,7,9,13,16-18,20-22,25-26H,3-6,8,10-12,14-15,19H2,1H3,(H,35,36,38). The van der Waals surface area contributed by atoms with E-state index in [9.17, 15) is 0 Å². The summed E-state index contributed by atoms with van der Waals surface area (Å²) in [5, 5.41) is 19.9. The van der Waals surface area contributed by atoms with E-state index in [1.165, 1.54) is 0 Å². The fourth-order valence-electron chi connectivity index (χ4n) is 6.21. The zero-order valence-corrected chi connectivity index (χ0v) is 27.4. The molecule has 5 aromatic rings. The Morgan fingerprint density at radius 2 is 1.85 bits per heavy atom. The second-order valence-corrected chi connectivity index (χ2v) is 12.4. The molecule has 5 heterocycles. The van der Waals surface area contributed by atoms with Gasteiger partial charge in [0.05, 0.1) is 56.2 Å². The fourth-order valence-corrected chi connectivity index (χ4v) is 6.38. The predicted octanol–water partition coefficient (Wildman–Crippen LogP) is 4.62. The van der Waals surface area contributed by atoms with Gasteiger partial charge in [0.2, 0.25) is 5.95 Å². The Balaban J connectivity index is 1.03. The number of oxazole rings is 1. The van der Waals surface area contributed by atoms with E-state index < -0.39 is 0 Å². The number of hydrogen-bond acceptors (Lipinski definition) is 13. The van der Waals surface area contributed by atoms with Crippen molar-refractivity contribution in [3.05, 3.63) is 66.5 Å². The highest BCUT2D eigenvalue weighted by molar-refractivity contribution is 6.32. The van der Waals surface area contributed by atoms with Crippen molar-refractivity contribution in [3.63, 3.8) is 0 Å². The monoisotopic (exact) mass is 675 g/mol. The van der Waals surface area contributed by atoms with Crippen LogP contribution in [0.5, 0.6) is 11.6 Å². The molecule has 1 unspecified atom stereocenters. The van der Waals surface area contributed by atoms with E-state index in [4.69, 9.17) is 35.3 Å². The van der Waals surface area contributed by atoms with Gasteiger partial charge in [-0.2, -0.15) is 0 Å². The number of nitrogens with zero attached hydrogens (tertiary/aromatic N) is 10. The fraction of sp³-hybridized carbons (Fsp3) is 0.469. The number of tetrazole rings is 1. The molecule has 1 N–H and O–H groups in total. The normalized spacial score (nSPS) is 19.2. The Morgan fingerprint density at radius 1 is 1.04 bits per heavy atom. The lowest BCUT2D eigenvalue weighted by atomic mass is 9.90. The molecule has 15 nitrogen and oxygen atoms in total. The van der Waals surface area contributed by atoms with Gasteiger partial charge in [0.25, 0.3) is 5.88 Å². The Morgan fingerprint density at radius 3 is 2.60 bits per heavy atom. The number of rotatable bonds is 13. The molecule has 1 aliphatic carbocycles. The van der Waals surface area contributed by atoms with Crippen LogP contribution in [-0.2, 0) is 17.7 Å². The minimum atomic E-state index is -0.212. The molecule has 252 valence electrons. The highest BCUT2D eigenvalue weighted by Gasteiger charge is 2.29. The number of aromatic nitrogens is 9. The molecule has 0 spiro atoms. The van der Waals surface area contributed by atoms with Crippen molar-refractivity contribution in [1.82, 2.24) is 49.8 Å². The molecule has 0 amide bonds. The van der Waals surface area contributed by atoms with Gasteiger partial charge in [0, 0.05) is 37.1 Å². The van der Waals surface area contributed by atoms with Crippen LogP contribution in [0.15, 0.2) is 60.0 Å². The third kappa shape index (κ3) is 7.91. The van der Waals surface area contributed by atoms with E-state index in [-0.39, 0.29) is 12.1 Å². The van der Waals surface area contributed by atoms with Gasteiger partial charge in [-0.15, -0.1) is 10.2 Å². The van der Waals surface area contributed by atoms with Crippen LogP contribution < -0.4 is 14.8 Å². The van der Waals surface area contributed by atoms with Crippen LogP contribution in [0, 0.1) is 0 Å². The summed E-state index contributed by atoms with van der Waals surface area (Å²) in [7, 11) is 0. The molecule has 0 radical (unpaired) electrons. The molecule has 4 aromatic heterocycles. The zero-order chi connectivity index (χ0) is 32.7. The highest BCUT2D eigenvalue weighted by atomic mass is 35.5. The summed E-state index contributed by atoms with van der Waals surface area (Å²) < 4.78 is 26.8. The van der Waals surface area contributed by atoms with Gasteiger partial charge in [0.15, 0.2) is 5.89 Å². The van der Waals surface area contributed by atoms with Gasteiger partial charge in [-0.25, -0.2) is 19.6 Å². The molecule has 1 saturated heterocycles. The molecule has 2 fully saturated rings. The minimum absolute atomic E-state index is 0.212.